The van der Waals surface area contributed by atoms with Crippen molar-refractivity contribution in [2.45, 2.75) is 13.5 Å². The second-order valence-electron chi connectivity index (χ2n) is 4.71. The fourth-order valence-electron chi connectivity index (χ4n) is 2.31. The zero-order chi connectivity index (χ0) is 13.1. The molecule has 3 rings (SSSR count). The van der Waals surface area contributed by atoms with Crippen LogP contribution in [0.15, 0.2) is 22.6 Å². The van der Waals surface area contributed by atoms with Gasteiger partial charge in [-0.15, -0.1) is 0 Å². The lowest BCUT2D eigenvalue weighted by Gasteiger charge is -2.24. The molecule has 1 fully saturated rings. The smallest absolute Gasteiger partial charge is 0.209 e. The van der Waals surface area contributed by atoms with Crippen LogP contribution in [-0.2, 0) is 11.3 Å². The zero-order valence-electron chi connectivity index (χ0n) is 11.2. The molecule has 0 aliphatic carbocycles. The van der Waals surface area contributed by atoms with E-state index in [0.717, 1.165) is 62.1 Å². The molecule has 1 aliphatic heterocycles. The molecule has 0 spiro atoms. The molecule has 1 aromatic carbocycles. The highest BCUT2D eigenvalue weighted by Crippen LogP contribution is 2.20. The predicted octanol–water partition coefficient (Wildman–Crippen LogP) is 2.09. The highest BCUT2D eigenvalue weighted by Gasteiger charge is 2.14. The monoisotopic (exact) mass is 261 g/mol. The van der Waals surface area contributed by atoms with Crippen LogP contribution in [0.25, 0.3) is 11.1 Å². The Morgan fingerprint density at radius 2 is 2.16 bits per heavy atom. The van der Waals surface area contributed by atoms with E-state index in [2.05, 4.69) is 22.1 Å². The fraction of sp³-hybridized carbons (Fsp3) is 0.500. The van der Waals surface area contributed by atoms with Crippen LogP contribution in [0.1, 0.15) is 12.8 Å². The van der Waals surface area contributed by atoms with Gasteiger partial charge in [-0.2, -0.15) is 0 Å². The van der Waals surface area contributed by atoms with E-state index in [1.54, 1.807) is 0 Å². The van der Waals surface area contributed by atoms with Crippen LogP contribution in [0.5, 0.6) is 0 Å². The standard InChI is InChI=1S/C14H19N3O2/c1-2-15-11-3-4-13-12(9-11)16-14(19-13)10-17-5-7-18-8-6-17/h3-4,9,15H,2,5-8,10H2,1H3. The first kappa shape index (κ1) is 12.4. The molecule has 0 radical (unpaired) electrons. The van der Waals surface area contributed by atoms with Crippen LogP contribution in [0.3, 0.4) is 0 Å². The van der Waals surface area contributed by atoms with Gasteiger partial charge >= 0.3 is 0 Å². The quantitative estimate of drug-likeness (QED) is 0.913. The van der Waals surface area contributed by atoms with Crippen molar-refractivity contribution in [1.82, 2.24) is 9.88 Å². The van der Waals surface area contributed by atoms with E-state index in [1.807, 2.05) is 18.2 Å². The average molecular weight is 261 g/mol. The van der Waals surface area contributed by atoms with Crippen LogP contribution in [-0.4, -0.2) is 42.7 Å². The highest BCUT2D eigenvalue weighted by atomic mass is 16.5. The lowest BCUT2D eigenvalue weighted by molar-refractivity contribution is 0.0308. The minimum atomic E-state index is 0.759. The van der Waals surface area contributed by atoms with Gasteiger partial charge in [0.05, 0.1) is 19.8 Å². The summed E-state index contributed by atoms with van der Waals surface area (Å²) >= 11 is 0. The van der Waals surface area contributed by atoms with Crippen molar-refractivity contribution >= 4 is 16.8 Å². The molecule has 1 N–H and O–H groups in total. The maximum atomic E-state index is 5.78. The second kappa shape index (κ2) is 5.59. The first-order valence-electron chi connectivity index (χ1n) is 6.78. The van der Waals surface area contributed by atoms with Gasteiger partial charge < -0.3 is 14.5 Å². The van der Waals surface area contributed by atoms with E-state index >= 15 is 0 Å². The molecule has 0 unspecified atom stereocenters. The molecular weight excluding hydrogens is 242 g/mol. The van der Waals surface area contributed by atoms with Crippen molar-refractivity contribution in [1.29, 1.82) is 0 Å². The predicted molar refractivity (Wildman–Crippen MR) is 74.3 cm³/mol. The Hall–Kier alpha value is -1.59. The lowest BCUT2D eigenvalue weighted by Crippen LogP contribution is -2.35. The summed E-state index contributed by atoms with van der Waals surface area (Å²) in [4.78, 5) is 6.87. The number of oxazole rings is 1. The number of ether oxygens (including phenoxy) is 1. The summed E-state index contributed by atoms with van der Waals surface area (Å²) in [5, 5.41) is 3.28. The Bertz CT molecular complexity index is 547. The number of rotatable bonds is 4. The molecule has 1 saturated heterocycles. The fourth-order valence-corrected chi connectivity index (χ4v) is 2.31. The van der Waals surface area contributed by atoms with E-state index < -0.39 is 0 Å². The topological polar surface area (TPSA) is 50.5 Å². The maximum absolute atomic E-state index is 5.78. The number of anilines is 1. The average Bonchev–Trinajstić information content (AvgIpc) is 2.82. The van der Waals surface area contributed by atoms with Crippen molar-refractivity contribution in [3.8, 4) is 0 Å². The van der Waals surface area contributed by atoms with E-state index in [4.69, 9.17) is 9.15 Å². The molecule has 5 nitrogen and oxygen atoms in total. The SMILES string of the molecule is CCNc1ccc2oc(CN3CCOCC3)nc2c1. The Morgan fingerprint density at radius 1 is 1.32 bits per heavy atom. The molecule has 102 valence electrons. The molecule has 0 atom stereocenters. The van der Waals surface area contributed by atoms with Crippen molar-refractivity contribution in [3.63, 3.8) is 0 Å². The number of nitrogens with one attached hydrogen (secondary N) is 1. The highest BCUT2D eigenvalue weighted by molar-refractivity contribution is 5.77. The largest absolute Gasteiger partial charge is 0.439 e. The van der Waals surface area contributed by atoms with Crippen LogP contribution >= 0.6 is 0 Å². The van der Waals surface area contributed by atoms with E-state index in [1.165, 1.54) is 0 Å². The van der Waals surface area contributed by atoms with Crippen molar-refractivity contribution < 1.29 is 9.15 Å². The Morgan fingerprint density at radius 3 is 2.95 bits per heavy atom. The summed E-state index contributed by atoms with van der Waals surface area (Å²) in [6.07, 6.45) is 0. The normalized spacial score (nSPS) is 16.9. The summed E-state index contributed by atoms with van der Waals surface area (Å²) in [5.41, 5.74) is 2.85. The molecule has 0 bridgehead atoms. The zero-order valence-corrected chi connectivity index (χ0v) is 11.2. The van der Waals surface area contributed by atoms with Crippen molar-refractivity contribution in [3.05, 3.63) is 24.1 Å². The number of morpholine rings is 1. The van der Waals surface area contributed by atoms with Crippen LogP contribution in [0.4, 0.5) is 5.69 Å². The van der Waals surface area contributed by atoms with Crippen molar-refractivity contribution in [2.24, 2.45) is 0 Å². The van der Waals surface area contributed by atoms with Crippen molar-refractivity contribution in [2.75, 3.05) is 38.2 Å². The van der Waals surface area contributed by atoms with Gasteiger partial charge in [0.2, 0.25) is 5.89 Å². The Labute approximate surface area is 112 Å². The summed E-state index contributed by atoms with van der Waals surface area (Å²) in [5.74, 6) is 0.783. The summed E-state index contributed by atoms with van der Waals surface area (Å²) in [7, 11) is 0. The number of nitrogens with zero attached hydrogens (tertiary/aromatic N) is 2. The van der Waals surface area contributed by atoms with E-state index in [0.29, 0.717) is 0 Å². The van der Waals surface area contributed by atoms with E-state index in [9.17, 15) is 0 Å². The molecule has 1 aliphatic rings. The number of hydrogen-bond acceptors (Lipinski definition) is 5. The third-order valence-electron chi connectivity index (χ3n) is 3.28. The lowest BCUT2D eigenvalue weighted by atomic mass is 10.3. The van der Waals surface area contributed by atoms with Gasteiger partial charge in [-0.25, -0.2) is 4.98 Å². The number of aromatic nitrogens is 1. The minimum Gasteiger partial charge on any atom is -0.439 e. The Kier molecular flexibility index (Phi) is 3.66. The summed E-state index contributed by atoms with van der Waals surface area (Å²) in [6, 6.07) is 6.03. The van der Waals surface area contributed by atoms with Gasteiger partial charge in [0.1, 0.15) is 5.52 Å². The van der Waals surface area contributed by atoms with Gasteiger partial charge in [-0.3, -0.25) is 4.90 Å². The maximum Gasteiger partial charge on any atom is 0.209 e. The summed E-state index contributed by atoms with van der Waals surface area (Å²) in [6.45, 7) is 7.23. The first-order valence-corrected chi connectivity index (χ1v) is 6.78. The van der Waals surface area contributed by atoms with Gasteiger partial charge in [0.25, 0.3) is 0 Å². The molecule has 0 amide bonds. The van der Waals surface area contributed by atoms with Gasteiger partial charge in [0.15, 0.2) is 5.58 Å². The molecule has 19 heavy (non-hydrogen) atoms. The number of fused-ring (bicyclic) bond motifs is 1. The van der Waals surface area contributed by atoms with Gasteiger partial charge in [-0.1, -0.05) is 0 Å². The van der Waals surface area contributed by atoms with Crippen LogP contribution < -0.4 is 5.32 Å². The molecule has 5 heteroatoms. The number of hydrogen-bond donors (Lipinski definition) is 1. The van der Waals surface area contributed by atoms with Crippen LogP contribution in [0.2, 0.25) is 0 Å². The van der Waals surface area contributed by atoms with Gasteiger partial charge in [0, 0.05) is 25.3 Å². The molecule has 1 aromatic heterocycles. The minimum absolute atomic E-state index is 0.759. The first-order chi connectivity index (χ1) is 9.35. The summed E-state index contributed by atoms with van der Waals surface area (Å²) < 4.78 is 11.1. The Balaban J connectivity index is 1.76. The van der Waals surface area contributed by atoms with E-state index in [-0.39, 0.29) is 0 Å². The third kappa shape index (κ3) is 2.88. The third-order valence-corrected chi connectivity index (χ3v) is 3.28. The van der Waals surface area contributed by atoms with Crippen LogP contribution in [0, 0.1) is 0 Å². The number of benzene rings is 1. The second-order valence-corrected chi connectivity index (χ2v) is 4.71. The van der Waals surface area contributed by atoms with Gasteiger partial charge in [-0.05, 0) is 25.1 Å². The molecular formula is C14H19N3O2. The molecule has 0 saturated carbocycles. The molecule has 2 heterocycles. The molecule has 2 aromatic rings.